The van der Waals surface area contributed by atoms with E-state index in [1.54, 1.807) is 37.8 Å². The predicted octanol–water partition coefficient (Wildman–Crippen LogP) is 3.74. The number of nitrogens with zero attached hydrogens (tertiary/aromatic N) is 3. The minimum atomic E-state index is -0.897. The minimum Gasteiger partial charge on any atom is -0.444 e. The molecule has 3 saturated heterocycles. The number of fused-ring (bicyclic) bond motifs is 2. The number of nitrogens with one attached hydrogen (secondary N) is 1. The smallest absolute Gasteiger partial charge is 0.411 e. The van der Waals surface area contributed by atoms with Crippen LogP contribution in [0.1, 0.15) is 69.9 Å². The van der Waals surface area contributed by atoms with Crippen LogP contribution in [-0.2, 0) is 20.7 Å². The first kappa shape index (κ1) is 26.9. The third-order valence-electron chi connectivity index (χ3n) is 8.49. The van der Waals surface area contributed by atoms with Crippen LogP contribution in [0.4, 0.5) is 9.18 Å². The second-order valence-corrected chi connectivity index (χ2v) is 12.3. The van der Waals surface area contributed by atoms with Gasteiger partial charge in [-0.05, 0) is 88.4 Å². The summed E-state index contributed by atoms with van der Waals surface area (Å²) in [6.07, 6.45) is 4.15. The van der Waals surface area contributed by atoms with E-state index in [1.165, 1.54) is 0 Å². The Labute approximate surface area is 224 Å². The molecule has 5 rings (SSSR count). The lowest BCUT2D eigenvalue weighted by Crippen LogP contribution is -2.55. The maximum Gasteiger partial charge on any atom is 0.411 e. The molecule has 1 saturated carbocycles. The number of piperidine rings is 2. The molecule has 3 aliphatic heterocycles. The van der Waals surface area contributed by atoms with E-state index in [4.69, 9.17) is 9.47 Å². The third kappa shape index (κ3) is 5.67. The number of likely N-dealkylation sites (tertiary alicyclic amines) is 2. The van der Waals surface area contributed by atoms with Crippen molar-refractivity contribution in [3.63, 3.8) is 0 Å². The van der Waals surface area contributed by atoms with Crippen LogP contribution in [0.15, 0.2) is 18.2 Å². The van der Waals surface area contributed by atoms with Crippen LogP contribution in [0.5, 0.6) is 0 Å². The Hall–Kier alpha value is -2.70. The number of carbonyl (C=O) groups is 2. The molecule has 1 aliphatic carbocycles. The Morgan fingerprint density at radius 1 is 1.24 bits per heavy atom. The summed E-state index contributed by atoms with van der Waals surface area (Å²) in [4.78, 5) is 30.2. The SMILES string of the molecule is CC(C)(C)OC(=O)N1[C@@H]2CC[C@@H](C2)[C@H]1C(=O)N[C@H](C#N)Cc1ccc(C2CCCN(C3COC3)C2)cc1F. The Balaban J connectivity index is 1.22. The summed E-state index contributed by atoms with van der Waals surface area (Å²) in [6.45, 7) is 8.91. The van der Waals surface area contributed by atoms with Crippen molar-refractivity contribution in [2.24, 2.45) is 5.92 Å². The fourth-order valence-corrected chi connectivity index (χ4v) is 6.54. The van der Waals surface area contributed by atoms with E-state index in [0.717, 1.165) is 64.0 Å². The molecule has 9 heteroatoms. The van der Waals surface area contributed by atoms with Gasteiger partial charge in [-0.3, -0.25) is 14.6 Å². The van der Waals surface area contributed by atoms with Gasteiger partial charge in [-0.25, -0.2) is 9.18 Å². The highest BCUT2D eigenvalue weighted by Crippen LogP contribution is 2.43. The number of hydrogen-bond acceptors (Lipinski definition) is 6. The van der Waals surface area contributed by atoms with Crippen LogP contribution in [0.2, 0.25) is 0 Å². The molecule has 5 atom stereocenters. The third-order valence-corrected chi connectivity index (χ3v) is 8.49. The summed E-state index contributed by atoms with van der Waals surface area (Å²) in [5, 5.41) is 12.6. The topological polar surface area (TPSA) is 94.9 Å². The molecule has 206 valence electrons. The van der Waals surface area contributed by atoms with Crippen molar-refractivity contribution in [2.45, 2.75) is 95.0 Å². The van der Waals surface area contributed by atoms with Gasteiger partial charge in [-0.15, -0.1) is 0 Å². The number of halogens is 1. The van der Waals surface area contributed by atoms with Gasteiger partial charge in [-0.1, -0.05) is 12.1 Å². The number of hydrogen-bond donors (Lipinski definition) is 1. The second-order valence-electron chi connectivity index (χ2n) is 12.3. The van der Waals surface area contributed by atoms with Gasteiger partial charge in [0.1, 0.15) is 23.5 Å². The maximum atomic E-state index is 15.2. The van der Waals surface area contributed by atoms with E-state index in [-0.39, 0.29) is 36.0 Å². The number of carbonyl (C=O) groups excluding carboxylic acids is 2. The zero-order valence-electron chi connectivity index (χ0n) is 22.6. The zero-order valence-corrected chi connectivity index (χ0v) is 22.6. The summed E-state index contributed by atoms with van der Waals surface area (Å²) in [6, 6.07) is 6.30. The van der Waals surface area contributed by atoms with Gasteiger partial charge < -0.3 is 14.8 Å². The Bertz CT molecular complexity index is 1100. The summed E-state index contributed by atoms with van der Waals surface area (Å²) in [5.41, 5.74) is 0.710. The molecule has 4 fully saturated rings. The molecule has 38 heavy (non-hydrogen) atoms. The van der Waals surface area contributed by atoms with Crippen LogP contribution >= 0.6 is 0 Å². The lowest BCUT2D eigenvalue weighted by molar-refractivity contribution is -0.128. The molecule has 0 spiro atoms. The summed E-state index contributed by atoms with van der Waals surface area (Å²) >= 11 is 0. The van der Waals surface area contributed by atoms with Crippen molar-refractivity contribution in [3.8, 4) is 6.07 Å². The molecule has 1 aromatic carbocycles. The van der Waals surface area contributed by atoms with E-state index >= 15 is 4.39 Å². The number of amides is 2. The molecule has 1 unspecified atom stereocenters. The van der Waals surface area contributed by atoms with Gasteiger partial charge in [0.15, 0.2) is 0 Å². The highest BCUT2D eigenvalue weighted by molar-refractivity contribution is 5.87. The molecular weight excluding hydrogens is 487 g/mol. The van der Waals surface area contributed by atoms with Gasteiger partial charge in [0.05, 0.1) is 25.3 Å². The predicted molar refractivity (Wildman–Crippen MR) is 139 cm³/mol. The normalized spacial score (nSPS) is 28.4. The number of benzene rings is 1. The van der Waals surface area contributed by atoms with Crippen LogP contribution < -0.4 is 5.32 Å². The van der Waals surface area contributed by atoms with Crippen LogP contribution in [0.25, 0.3) is 0 Å². The summed E-state index contributed by atoms with van der Waals surface area (Å²) in [5.74, 6) is -0.397. The van der Waals surface area contributed by atoms with Crippen molar-refractivity contribution in [2.75, 3.05) is 26.3 Å². The number of nitriles is 1. The highest BCUT2D eigenvalue weighted by atomic mass is 19.1. The van der Waals surface area contributed by atoms with Gasteiger partial charge in [0.25, 0.3) is 0 Å². The standard InChI is InChI=1S/C29H39FN4O4/c1-29(2,3)38-28(36)34-23-9-8-20(12-23)26(34)27(35)32-22(14-31)11-19-7-6-18(13-25(19)30)21-5-4-10-33(15-21)24-16-37-17-24/h6-7,13,20-24,26H,4-5,8-12,15-17H2,1-3H3,(H,32,35)/t20-,21?,22-,23+,26-/m0/s1. The summed E-state index contributed by atoms with van der Waals surface area (Å²) in [7, 11) is 0. The van der Waals surface area contributed by atoms with Crippen LogP contribution in [-0.4, -0.2) is 77.9 Å². The van der Waals surface area contributed by atoms with Crippen molar-refractivity contribution >= 4 is 12.0 Å². The Kier molecular flexibility index (Phi) is 7.65. The van der Waals surface area contributed by atoms with E-state index in [1.807, 2.05) is 6.07 Å². The average Bonchev–Trinajstić information content (AvgIpc) is 3.45. The van der Waals surface area contributed by atoms with Gasteiger partial charge in [-0.2, -0.15) is 5.26 Å². The fourth-order valence-electron chi connectivity index (χ4n) is 6.54. The fraction of sp³-hybridized carbons (Fsp3) is 0.690. The largest absolute Gasteiger partial charge is 0.444 e. The molecule has 2 amide bonds. The van der Waals surface area contributed by atoms with Crippen molar-refractivity contribution < 1.29 is 23.5 Å². The number of rotatable bonds is 6. The van der Waals surface area contributed by atoms with E-state index < -0.39 is 23.8 Å². The molecule has 1 aromatic rings. The van der Waals surface area contributed by atoms with E-state index in [2.05, 4.69) is 16.3 Å². The molecule has 8 nitrogen and oxygen atoms in total. The van der Waals surface area contributed by atoms with Gasteiger partial charge in [0, 0.05) is 19.0 Å². The molecule has 1 N–H and O–H groups in total. The number of ether oxygens (including phenoxy) is 2. The Morgan fingerprint density at radius 2 is 2.03 bits per heavy atom. The van der Waals surface area contributed by atoms with Crippen molar-refractivity contribution in [3.05, 3.63) is 35.1 Å². The van der Waals surface area contributed by atoms with E-state index in [9.17, 15) is 14.9 Å². The lowest BCUT2D eigenvalue weighted by Gasteiger charge is -2.42. The first-order valence-electron chi connectivity index (χ1n) is 13.9. The first-order valence-corrected chi connectivity index (χ1v) is 13.9. The first-order chi connectivity index (χ1) is 18.1. The van der Waals surface area contributed by atoms with Crippen LogP contribution in [0, 0.1) is 23.1 Å². The zero-order chi connectivity index (χ0) is 27.0. The maximum absolute atomic E-state index is 15.2. The minimum absolute atomic E-state index is 0.0244. The van der Waals surface area contributed by atoms with Crippen molar-refractivity contribution in [1.82, 2.24) is 15.1 Å². The van der Waals surface area contributed by atoms with Gasteiger partial charge in [0.2, 0.25) is 5.91 Å². The van der Waals surface area contributed by atoms with Gasteiger partial charge >= 0.3 is 6.09 Å². The molecule has 2 bridgehead atoms. The molecular formula is C29H39FN4O4. The summed E-state index contributed by atoms with van der Waals surface area (Å²) < 4.78 is 26.1. The monoisotopic (exact) mass is 526 g/mol. The lowest BCUT2D eigenvalue weighted by atomic mass is 9.88. The highest BCUT2D eigenvalue weighted by Gasteiger charge is 2.52. The molecule has 0 radical (unpaired) electrons. The average molecular weight is 527 g/mol. The second kappa shape index (κ2) is 10.8. The van der Waals surface area contributed by atoms with Crippen LogP contribution in [0.3, 0.4) is 0 Å². The Morgan fingerprint density at radius 3 is 2.68 bits per heavy atom. The van der Waals surface area contributed by atoms with Crippen molar-refractivity contribution in [1.29, 1.82) is 5.26 Å². The molecule has 0 aromatic heterocycles. The van der Waals surface area contributed by atoms with E-state index in [0.29, 0.717) is 11.6 Å². The quantitative estimate of drug-likeness (QED) is 0.607. The molecule has 3 heterocycles. The molecule has 4 aliphatic rings.